The Balaban J connectivity index is 0.00000169. The minimum atomic E-state index is -0.937. The van der Waals surface area contributed by atoms with Crippen LogP contribution in [0, 0.1) is 0 Å². The van der Waals surface area contributed by atoms with Crippen molar-refractivity contribution in [2.24, 2.45) is 0 Å². The molecule has 0 aliphatic carbocycles. The molecule has 8 heteroatoms. The first-order chi connectivity index (χ1) is 11.7. The summed E-state index contributed by atoms with van der Waals surface area (Å²) in [5, 5.41) is 12.4. The first kappa shape index (κ1) is 22.5. The van der Waals surface area contributed by atoms with E-state index in [2.05, 4.69) is 10.2 Å². The fourth-order valence-corrected chi connectivity index (χ4v) is 2.71. The zero-order chi connectivity index (χ0) is 16.8. The van der Waals surface area contributed by atoms with Crippen molar-refractivity contribution in [1.82, 2.24) is 10.2 Å². The molecule has 0 spiro atoms. The number of carboxylic acid groups (broad SMARTS) is 1. The lowest BCUT2D eigenvalue weighted by molar-refractivity contribution is 0.0383. The Bertz CT molecular complexity index is 687. The molecule has 0 atom stereocenters. The van der Waals surface area contributed by atoms with Crippen LogP contribution >= 0.6 is 24.8 Å². The Hall–Kier alpha value is -1.57. The number of rotatable bonds is 7. The van der Waals surface area contributed by atoms with Crippen LogP contribution in [-0.4, -0.2) is 55.4 Å². The second kappa shape index (κ2) is 11.2. The van der Waals surface area contributed by atoms with Crippen molar-refractivity contribution >= 4 is 30.8 Å². The summed E-state index contributed by atoms with van der Waals surface area (Å²) in [5.41, 5.74) is 1.03. The minimum Gasteiger partial charge on any atom is -0.478 e. The Morgan fingerprint density at radius 3 is 2.65 bits per heavy atom. The second-order valence-corrected chi connectivity index (χ2v) is 5.78. The van der Waals surface area contributed by atoms with Gasteiger partial charge in [-0.3, -0.25) is 4.90 Å². The molecular formula is C18H24Cl2N2O4. The van der Waals surface area contributed by atoms with Gasteiger partial charge in [-0.15, -0.1) is 24.8 Å². The Kier molecular flexibility index (Phi) is 9.69. The number of hydrogen-bond donors (Lipinski definition) is 2. The van der Waals surface area contributed by atoms with Gasteiger partial charge in [-0.05, 0) is 24.3 Å². The quantitative estimate of drug-likeness (QED) is 0.693. The third-order valence-electron chi connectivity index (χ3n) is 4.06. The molecule has 1 aliphatic heterocycles. The Labute approximate surface area is 165 Å². The summed E-state index contributed by atoms with van der Waals surface area (Å²) in [6.07, 6.45) is 0. The maximum Gasteiger partial charge on any atom is 0.335 e. The molecule has 0 unspecified atom stereocenters. The zero-order valence-electron chi connectivity index (χ0n) is 14.3. The molecular weight excluding hydrogens is 379 g/mol. The van der Waals surface area contributed by atoms with E-state index < -0.39 is 5.97 Å². The summed E-state index contributed by atoms with van der Waals surface area (Å²) < 4.78 is 11.1. The number of carboxylic acids is 1. The zero-order valence-corrected chi connectivity index (χ0v) is 16.0. The lowest BCUT2D eigenvalue weighted by Crippen LogP contribution is -2.40. The largest absolute Gasteiger partial charge is 0.478 e. The number of morpholine rings is 1. The molecule has 0 saturated carbocycles. The molecule has 3 rings (SSSR count). The van der Waals surface area contributed by atoms with Gasteiger partial charge in [0.15, 0.2) is 0 Å². The first-order valence-electron chi connectivity index (χ1n) is 8.15. The number of ether oxygens (including phenoxy) is 1. The van der Waals surface area contributed by atoms with Gasteiger partial charge >= 0.3 is 5.97 Å². The van der Waals surface area contributed by atoms with Gasteiger partial charge in [0.2, 0.25) is 0 Å². The molecule has 2 heterocycles. The topological polar surface area (TPSA) is 74.9 Å². The van der Waals surface area contributed by atoms with E-state index in [1.165, 1.54) is 0 Å². The van der Waals surface area contributed by atoms with Gasteiger partial charge in [0.1, 0.15) is 11.5 Å². The molecule has 6 nitrogen and oxygen atoms in total. The standard InChI is InChI=1S/C18H22N2O4.2ClH/c21-18(22)15-3-1-2-14(12-15)17-5-4-16(24-17)13-19-6-7-20-8-10-23-11-9-20;;/h1-5,12,19H,6-11,13H2,(H,21,22);2*1H. The summed E-state index contributed by atoms with van der Waals surface area (Å²) in [5.74, 6) is 0.587. The monoisotopic (exact) mass is 402 g/mol. The highest BCUT2D eigenvalue weighted by Crippen LogP contribution is 2.23. The van der Waals surface area contributed by atoms with Crippen molar-refractivity contribution in [2.75, 3.05) is 39.4 Å². The smallest absolute Gasteiger partial charge is 0.335 e. The fourth-order valence-electron chi connectivity index (χ4n) is 2.71. The van der Waals surface area contributed by atoms with E-state index in [0.29, 0.717) is 12.3 Å². The van der Waals surface area contributed by atoms with Crippen molar-refractivity contribution in [3.8, 4) is 11.3 Å². The van der Waals surface area contributed by atoms with Crippen LogP contribution in [0.3, 0.4) is 0 Å². The summed E-state index contributed by atoms with van der Waals surface area (Å²) in [7, 11) is 0. The van der Waals surface area contributed by atoms with E-state index in [4.69, 9.17) is 14.3 Å². The van der Waals surface area contributed by atoms with Crippen LogP contribution in [0.25, 0.3) is 11.3 Å². The van der Waals surface area contributed by atoms with Gasteiger partial charge < -0.3 is 19.6 Å². The molecule has 1 aliphatic rings. The Morgan fingerprint density at radius 2 is 1.92 bits per heavy atom. The van der Waals surface area contributed by atoms with E-state index in [0.717, 1.165) is 50.7 Å². The lowest BCUT2D eigenvalue weighted by Gasteiger charge is -2.26. The Morgan fingerprint density at radius 1 is 1.15 bits per heavy atom. The van der Waals surface area contributed by atoms with Gasteiger partial charge in [-0.2, -0.15) is 0 Å². The third kappa shape index (κ3) is 6.30. The first-order valence-corrected chi connectivity index (χ1v) is 8.15. The number of halogens is 2. The summed E-state index contributed by atoms with van der Waals surface area (Å²) in [6, 6.07) is 10.6. The number of aromatic carboxylic acids is 1. The maximum atomic E-state index is 11.0. The van der Waals surface area contributed by atoms with Gasteiger partial charge in [0.25, 0.3) is 0 Å². The van der Waals surface area contributed by atoms with Gasteiger partial charge in [0.05, 0.1) is 25.3 Å². The van der Waals surface area contributed by atoms with Crippen molar-refractivity contribution in [3.63, 3.8) is 0 Å². The van der Waals surface area contributed by atoms with Crippen LogP contribution in [-0.2, 0) is 11.3 Å². The molecule has 1 aromatic heterocycles. The predicted octanol–water partition coefficient (Wildman–Crippen LogP) is 2.91. The SMILES string of the molecule is Cl.Cl.O=C(O)c1cccc(-c2ccc(CNCCN3CCOCC3)o2)c1. The molecule has 144 valence electrons. The average Bonchev–Trinajstić information content (AvgIpc) is 3.09. The van der Waals surface area contributed by atoms with Crippen LogP contribution in [0.4, 0.5) is 0 Å². The highest BCUT2D eigenvalue weighted by Gasteiger charge is 2.10. The van der Waals surface area contributed by atoms with Crippen LogP contribution < -0.4 is 5.32 Å². The summed E-state index contributed by atoms with van der Waals surface area (Å²) in [4.78, 5) is 13.4. The van der Waals surface area contributed by atoms with Crippen LogP contribution in [0.2, 0.25) is 0 Å². The van der Waals surface area contributed by atoms with E-state index >= 15 is 0 Å². The van der Waals surface area contributed by atoms with E-state index in [1.807, 2.05) is 18.2 Å². The predicted molar refractivity (Wildman–Crippen MR) is 105 cm³/mol. The lowest BCUT2D eigenvalue weighted by atomic mass is 10.1. The molecule has 1 aromatic carbocycles. The summed E-state index contributed by atoms with van der Waals surface area (Å²) >= 11 is 0. The molecule has 0 amide bonds. The summed E-state index contributed by atoms with van der Waals surface area (Å²) in [6.45, 7) is 6.16. The van der Waals surface area contributed by atoms with E-state index in [1.54, 1.807) is 18.2 Å². The molecule has 2 N–H and O–H groups in total. The number of benzene rings is 1. The number of nitrogens with zero attached hydrogens (tertiary/aromatic N) is 1. The van der Waals surface area contributed by atoms with Crippen molar-refractivity contribution in [3.05, 3.63) is 47.7 Å². The third-order valence-corrected chi connectivity index (χ3v) is 4.06. The van der Waals surface area contributed by atoms with Gasteiger partial charge in [-0.1, -0.05) is 12.1 Å². The average molecular weight is 403 g/mol. The number of nitrogens with one attached hydrogen (secondary N) is 1. The number of hydrogen-bond acceptors (Lipinski definition) is 5. The van der Waals surface area contributed by atoms with Gasteiger partial charge in [-0.25, -0.2) is 4.79 Å². The van der Waals surface area contributed by atoms with E-state index in [-0.39, 0.29) is 30.4 Å². The van der Waals surface area contributed by atoms with Crippen LogP contribution in [0.1, 0.15) is 16.1 Å². The van der Waals surface area contributed by atoms with Crippen molar-refractivity contribution in [2.45, 2.75) is 6.54 Å². The minimum absolute atomic E-state index is 0. The maximum absolute atomic E-state index is 11.0. The highest BCUT2D eigenvalue weighted by molar-refractivity contribution is 5.89. The molecule has 0 radical (unpaired) electrons. The molecule has 1 saturated heterocycles. The van der Waals surface area contributed by atoms with Crippen LogP contribution in [0.15, 0.2) is 40.8 Å². The second-order valence-electron chi connectivity index (χ2n) is 5.78. The van der Waals surface area contributed by atoms with E-state index in [9.17, 15) is 4.79 Å². The van der Waals surface area contributed by atoms with Crippen molar-refractivity contribution in [1.29, 1.82) is 0 Å². The van der Waals surface area contributed by atoms with Crippen LogP contribution in [0.5, 0.6) is 0 Å². The molecule has 1 fully saturated rings. The molecule has 26 heavy (non-hydrogen) atoms. The van der Waals surface area contributed by atoms with Gasteiger partial charge in [0, 0.05) is 31.7 Å². The normalized spacial score (nSPS) is 14.3. The highest BCUT2D eigenvalue weighted by atomic mass is 35.5. The van der Waals surface area contributed by atoms with Crippen molar-refractivity contribution < 1.29 is 19.1 Å². The number of furan rings is 1. The number of carbonyl (C=O) groups is 1. The molecule has 0 bridgehead atoms. The molecule has 2 aromatic rings. The fraction of sp³-hybridized carbons (Fsp3) is 0.389.